The molecule has 3 rings (SSSR count). The maximum atomic E-state index is 12.8. The van der Waals surface area contributed by atoms with Crippen molar-refractivity contribution in [3.8, 4) is 11.5 Å². The molecule has 32 heavy (non-hydrogen) atoms. The van der Waals surface area contributed by atoms with Gasteiger partial charge in [-0.25, -0.2) is 0 Å². The molecule has 1 N–H and O–H groups in total. The van der Waals surface area contributed by atoms with Crippen molar-refractivity contribution in [2.24, 2.45) is 5.92 Å². The van der Waals surface area contributed by atoms with Gasteiger partial charge in [0, 0.05) is 23.4 Å². The van der Waals surface area contributed by atoms with Gasteiger partial charge in [0.1, 0.15) is 18.1 Å². The predicted octanol–water partition coefficient (Wildman–Crippen LogP) is 6.09. The van der Waals surface area contributed by atoms with E-state index >= 15 is 0 Å². The van der Waals surface area contributed by atoms with Gasteiger partial charge < -0.3 is 19.5 Å². The van der Waals surface area contributed by atoms with Gasteiger partial charge in [-0.15, -0.1) is 0 Å². The summed E-state index contributed by atoms with van der Waals surface area (Å²) in [4.78, 5) is 12.8. The minimum Gasteiger partial charge on any atom is -0.494 e. The molecule has 0 saturated carbocycles. The molecule has 0 fully saturated rings. The summed E-state index contributed by atoms with van der Waals surface area (Å²) in [7, 11) is 0. The fourth-order valence-electron chi connectivity index (χ4n) is 3.11. The molecule has 3 aromatic rings. The number of ether oxygens (including phenoxy) is 3. The standard InChI is InChI=1S/C27H31NO4/c1-4-31-26-15-10-22(16-23(26)19-30-17-20(2)3)27(29)28-24-11-13-25(14-12-24)32-18-21-8-6-5-7-9-21/h5-16,20H,4,17-19H2,1-3H3,(H,28,29). The molecule has 0 unspecified atom stereocenters. The average molecular weight is 434 g/mol. The molecule has 0 saturated heterocycles. The van der Waals surface area contributed by atoms with Crippen molar-refractivity contribution in [3.63, 3.8) is 0 Å². The topological polar surface area (TPSA) is 56.8 Å². The van der Waals surface area contributed by atoms with Crippen molar-refractivity contribution in [2.45, 2.75) is 34.0 Å². The maximum absolute atomic E-state index is 12.8. The lowest BCUT2D eigenvalue weighted by molar-refractivity contribution is 0.0948. The first-order valence-corrected chi connectivity index (χ1v) is 11.0. The van der Waals surface area contributed by atoms with Crippen LogP contribution in [-0.2, 0) is 18.0 Å². The van der Waals surface area contributed by atoms with E-state index < -0.39 is 0 Å². The van der Waals surface area contributed by atoms with Crippen molar-refractivity contribution in [2.75, 3.05) is 18.5 Å². The second-order valence-electron chi connectivity index (χ2n) is 7.92. The van der Waals surface area contributed by atoms with Crippen molar-refractivity contribution in [1.29, 1.82) is 0 Å². The Morgan fingerprint density at radius 2 is 1.66 bits per heavy atom. The van der Waals surface area contributed by atoms with Gasteiger partial charge in [-0.3, -0.25) is 4.79 Å². The summed E-state index contributed by atoms with van der Waals surface area (Å²) in [6.07, 6.45) is 0. The number of carbonyl (C=O) groups excluding carboxylic acids is 1. The van der Waals surface area contributed by atoms with Crippen LogP contribution in [0.25, 0.3) is 0 Å². The van der Waals surface area contributed by atoms with Crippen molar-refractivity contribution in [3.05, 3.63) is 89.5 Å². The number of benzene rings is 3. The fourth-order valence-corrected chi connectivity index (χ4v) is 3.11. The molecular formula is C27H31NO4. The fraction of sp³-hybridized carbons (Fsp3) is 0.296. The zero-order chi connectivity index (χ0) is 22.8. The lowest BCUT2D eigenvalue weighted by Crippen LogP contribution is -2.13. The van der Waals surface area contributed by atoms with Crippen LogP contribution >= 0.6 is 0 Å². The van der Waals surface area contributed by atoms with Gasteiger partial charge in [0.15, 0.2) is 0 Å². The van der Waals surface area contributed by atoms with Crippen molar-refractivity contribution >= 4 is 11.6 Å². The highest BCUT2D eigenvalue weighted by molar-refractivity contribution is 6.04. The molecule has 5 nitrogen and oxygen atoms in total. The Kier molecular flexibility index (Phi) is 8.70. The highest BCUT2D eigenvalue weighted by atomic mass is 16.5. The Balaban J connectivity index is 1.61. The van der Waals surface area contributed by atoms with E-state index in [0.717, 1.165) is 22.6 Å². The Bertz CT molecular complexity index is 984. The number of carbonyl (C=O) groups is 1. The third kappa shape index (κ3) is 7.13. The number of hydrogen-bond acceptors (Lipinski definition) is 4. The zero-order valence-electron chi connectivity index (χ0n) is 19.0. The molecule has 0 heterocycles. The number of nitrogens with one attached hydrogen (secondary N) is 1. The lowest BCUT2D eigenvalue weighted by atomic mass is 10.1. The Morgan fingerprint density at radius 1 is 0.906 bits per heavy atom. The summed E-state index contributed by atoms with van der Waals surface area (Å²) in [5, 5.41) is 2.94. The molecule has 1 amide bonds. The van der Waals surface area contributed by atoms with Crippen molar-refractivity contribution < 1.29 is 19.0 Å². The molecule has 5 heteroatoms. The number of hydrogen-bond donors (Lipinski definition) is 1. The molecule has 0 radical (unpaired) electrons. The Hall–Kier alpha value is -3.31. The normalized spacial score (nSPS) is 10.8. The smallest absolute Gasteiger partial charge is 0.255 e. The third-order valence-electron chi connectivity index (χ3n) is 4.69. The molecule has 168 valence electrons. The van der Waals surface area contributed by atoms with Gasteiger partial charge in [0.05, 0.1) is 13.2 Å². The Morgan fingerprint density at radius 3 is 2.34 bits per heavy atom. The van der Waals surface area contributed by atoms with Gasteiger partial charge in [0.2, 0.25) is 0 Å². The molecule has 0 spiro atoms. The molecular weight excluding hydrogens is 402 g/mol. The quantitative estimate of drug-likeness (QED) is 0.398. The number of rotatable bonds is 11. The van der Waals surface area contributed by atoms with Crippen LogP contribution in [0.1, 0.15) is 42.3 Å². The van der Waals surface area contributed by atoms with Crippen LogP contribution in [0.5, 0.6) is 11.5 Å². The Labute approximate surface area is 190 Å². The second kappa shape index (κ2) is 11.9. The first kappa shape index (κ1) is 23.4. The van der Waals surface area contributed by atoms with Crippen LogP contribution in [0.3, 0.4) is 0 Å². The van der Waals surface area contributed by atoms with E-state index in [1.807, 2.05) is 73.7 Å². The van der Waals surface area contributed by atoms with E-state index in [-0.39, 0.29) is 5.91 Å². The number of anilines is 1. The van der Waals surface area contributed by atoms with Gasteiger partial charge in [-0.2, -0.15) is 0 Å². The van der Waals surface area contributed by atoms with E-state index in [0.29, 0.717) is 43.6 Å². The maximum Gasteiger partial charge on any atom is 0.255 e. The summed E-state index contributed by atoms with van der Waals surface area (Å²) < 4.78 is 17.3. The zero-order valence-corrected chi connectivity index (χ0v) is 19.0. The van der Waals surface area contributed by atoms with Gasteiger partial charge in [-0.05, 0) is 60.9 Å². The van der Waals surface area contributed by atoms with Crippen LogP contribution in [0.2, 0.25) is 0 Å². The van der Waals surface area contributed by atoms with E-state index in [4.69, 9.17) is 14.2 Å². The first-order valence-electron chi connectivity index (χ1n) is 11.0. The largest absolute Gasteiger partial charge is 0.494 e. The van der Waals surface area contributed by atoms with Gasteiger partial charge >= 0.3 is 0 Å². The molecule has 0 aliphatic heterocycles. The van der Waals surface area contributed by atoms with E-state index in [1.165, 1.54) is 0 Å². The third-order valence-corrected chi connectivity index (χ3v) is 4.69. The van der Waals surface area contributed by atoms with Gasteiger partial charge in [0.25, 0.3) is 5.91 Å². The minimum absolute atomic E-state index is 0.184. The highest BCUT2D eigenvalue weighted by Crippen LogP contribution is 2.23. The van der Waals surface area contributed by atoms with Crippen LogP contribution < -0.4 is 14.8 Å². The summed E-state index contributed by atoms with van der Waals surface area (Å²) in [6, 6.07) is 22.8. The highest BCUT2D eigenvalue weighted by Gasteiger charge is 2.12. The molecule has 0 aliphatic carbocycles. The van der Waals surface area contributed by atoms with Crippen LogP contribution in [0, 0.1) is 5.92 Å². The summed E-state index contributed by atoms with van der Waals surface area (Å²) in [5.41, 5.74) is 3.23. The minimum atomic E-state index is -0.184. The SMILES string of the molecule is CCOc1ccc(C(=O)Nc2ccc(OCc3ccccc3)cc2)cc1COCC(C)C. The second-order valence-corrected chi connectivity index (χ2v) is 7.92. The molecule has 3 aromatic carbocycles. The molecule has 0 atom stereocenters. The van der Waals surface area contributed by atoms with Gasteiger partial charge in [-0.1, -0.05) is 44.2 Å². The van der Waals surface area contributed by atoms with Crippen LogP contribution in [-0.4, -0.2) is 19.1 Å². The van der Waals surface area contributed by atoms with Crippen LogP contribution in [0.4, 0.5) is 5.69 Å². The predicted molar refractivity (Wildman–Crippen MR) is 127 cm³/mol. The summed E-state index contributed by atoms with van der Waals surface area (Å²) >= 11 is 0. The first-order chi connectivity index (χ1) is 15.5. The van der Waals surface area contributed by atoms with E-state index in [9.17, 15) is 4.79 Å². The number of amides is 1. The van der Waals surface area contributed by atoms with Crippen molar-refractivity contribution in [1.82, 2.24) is 0 Å². The van der Waals surface area contributed by atoms with E-state index in [2.05, 4.69) is 19.2 Å². The molecule has 0 aliphatic rings. The molecule has 0 aromatic heterocycles. The lowest BCUT2D eigenvalue weighted by Gasteiger charge is -2.14. The van der Waals surface area contributed by atoms with E-state index in [1.54, 1.807) is 6.07 Å². The summed E-state index contributed by atoms with van der Waals surface area (Å²) in [5.74, 6) is 1.75. The summed E-state index contributed by atoms with van der Waals surface area (Å²) in [6.45, 7) is 8.26. The van der Waals surface area contributed by atoms with Crippen LogP contribution in [0.15, 0.2) is 72.8 Å². The average Bonchev–Trinajstić information content (AvgIpc) is 2.80. The monoisotopic (exact) mass is 433 g/mol. The molecule has 0 bridgehead atoms.